The SMILES string of the molecule is Cc1ccc(NC(=O)CN(c2ccc(C(C)C)cc2)S(=O)(=O)c2ccccc2)cc1. The highest BCUT2D eigenvalue weighted by Gasteiger charge is 2.27. The standard InChI is InChI=1S/C24H26N2O3S/c1-18(2)20-11-15-22(16-12-20)26(30(28,29)23-7-5-4-6-8-23)17-24(27)25-21-13-9-19(3)10-14-21/h4-16,18H,17H2,1-3H3,(H,25,27). The van der Waals surface area contributed by atoms with Gasteiger partial charge in [-0.25, -0.2) is 8.42 Å². The quantitative estimate of drug-likeness (QED) is 0.586. The van der Waals surface area contributed by atoms with Crippen LogP contribution in [0.5, 0.6) is 0 Å². The van der Waals surface area contributed by atoms with Crippen molar-refractivity contribution < 1.29 is 13.2 Å². The van der Waals surface area contributed by atoms with Crippen molar-refractivity contribution in [3.05, 3.63) is 90.0 Å². The molecule has 0 fully saturated rings. The van der Waals surface area contributed by atoms with Crippen LogP contribution in [0.1, 0.15) is 30.9 Å². The van der Waals surface area contributed by atoms with Crippen molar-refractivity contribution in [2.75, 3.05) is 16.2 Å². The van der Waals surface area contributed by atoms with Crippen molar-refractivity contribution in [3.8, 4) is 0 Å². The van der Waals surface area contributed by atoms with Gasteiger partial charge in [0, 0.05) is 5.69 Å². The topological polar surface area (TPSA) is 66.5 Å². The zero-order valence-electron chi connectivity index (χ0n) is 17.4. The fourth-order valence-corrected chi connectivity index (χ4v) is 4.47. The van der Waals surface area contributed by atoms with Gasteiger partial charge in [-0.05, 0) is 54.8 Å². The Labute approximate surface area is 178 Å². The first-order valence-electron chi connectivity index (χ1n) is 9.81. The lowest BCUT2D eigenvalue weighted by Crippen LogP contribution is -2.38. The summed E-state index contributed by atoms with van der Waals surface area (Å²) >= 11 is 0. The fourth-order valence-electron chi connectivity index (χ4n) is 3.03. The van der Waals surface area contributed by atoms with Crippen molar-refractivity contribution in [2.45, 2.75) is 31.6 Å². The van der Waals surface area contributed by atoms with E-state index < -0.39 is 15.9 Å². The van der Waals surface area contributed by atoms with Gasteiger partial charge in [0.25, 0.3) is 10.0 Å². The number of anilines is 2. The van der Waals surface area contributed by atoms with Crippen LogP contribution in [0.2, 0.25) is 0 Å². The van der Waals surface area contributed by atoms with Crippen LogP contribution < -0.4 is 9.62 Å². The Balaban J connectivity index is 1.92. The lowest BCUT2D eigenvalue weighted by atomic mass is 10.0. The number of sulfonamides is 1. The monoisotopic (exact) mass is 422 g/mol. The smallest absolute Gasteiger partial charge is 0.264 e. The molecular formula is C24H26N2O3S. The number of hydrogen-bond acceptors (Lipinski definition) is 3. The molecule has 6 heteroatoms. The van der Waals surface area contributed by atoms with Crippen molar-refractivity contribution in [3.63, 3.8) is 0 Å². The van der Waals surface area contributed by atoms with Crippen LogP contribution in [0.3, 0.4) is 0 Å². The number of rotatable bonds is 7. The molecule has 0 aliphatic carbocycles. The molecule has 0 aliphatic heterocycles. The summed E-state index contributed by atoms with van der Waals surface area (Å²) in [4.78, 5) is 12.9. The van der Waals surface area contributed by atoms with Gasteiger partial charge >= 0.3 is 0 Å². The Bertz CT molecular complexity index is 1090. The molecule has 0 radical (unpaired) electrons. The van der Waals surface area contributed by atoms with Crippen LogP contribution in [0, 0.1) is 6.92 Å². The molecule has 0 saturated carbocycles. The van der Waals surface area contributed by atoms with Gasteiger partial charge in [-0.3, -0.25) is 9.10 Å². The lowest BCUT2D eigenvalue weighted by molar-refractivity contribution is -0.114. The highest BCUT2D eigenvalue weighted by Crippen LogP contribution is 2.26. The fraction of sp³-hybridized carbons (Fsp3) is 0.208. The van der Waals surface area contributed by atoms with Gasteiger partial charge in [0.2, 0.25) is 5.91 Å². The third-order valence-electron chi connectivity index (χ3n) is 4.80. The van der Waals surface area contributed by atoms with Crippen molar-refractivity contribution in [1.29, 1.82) is 0 Å². The Hall–Kier alpha value is -3.12. The van der Waals surface area contributed by atoms with Crippen LogP contribution in [0.15, 0.2) is 83.8 Å². The summed E-state index contributed by atoms with van der Waals surface area (Å²) in [6.45, 7) is 5.78. The Kier molecular flexibility index (Phi) is 6.57. The number of nitrogens with zero attached hydrogens (tertiary/aromatic N) is 1. The molecule has 1 amide bonds. The van der Waals surface area contributed by atoms with Crippen LogP contribution in [0.4, 0.5) is 11.4 Å². The molecule has 0 saturated heterocycles. The molecule has 0 heterocycles. The van der Waals surface area contributed by atoms with E-state index in [0.29, 0.717) is 17.3 Å². The van der Waals surface area contributed by atoms with Crippen LogP contribution >= 0.6 is 0 Å². The minimum atomic E-state index is -3.91. The summed E-state index contributed by atoms with van der Waals surface area (Å²) in [7, 11) is -3.91. The van der Waals surface area contributed by atoms with E-state index in [4.69, 9.17) is 0 Å². The third-order valence-corrected chi connectivity index (χ3v) is 6.59. The second-order valence-corrected chi connectivity index (χ2v) is 9.35. The Morgan fingerprint density at radius 3 is 2.07 bits per heavy atom. The summed E-state index contributed by atoms with van der Waals surface area (Å²) < 4.78 is 27.8. The Morgan fingerprint density at radius 2 is 1.50 bits per heavy atom. The van der Waals surface area contributed by atoms with Gasteiger partial charge < -0.3 is 5.32 Å². The minimum Gasteiger partial charge on any atom is -0.325 e. The summed E-state index contributed by atoms with van der Waals surface area (Å²) in [5.74, 6) is -0.0886. The van der Waals surface area contributed by atoms with Crippen LogP contribution in [-0.2, 0) is 14.8 Å². The summed E-state index contributed by atoms with van der Waals surface area (Å²) in [5.41, 5.74) is 3.24. The molecule has 156 valence electrons. The van der Waals surface area contributed by atoms with Crippen LogP contribution in [-0.4, -0.2) is 20.9 Å². The minimum absolute atomic E-state index is 0.140. The van der Waals surface area contributed by atoms with Gasteiger partial charge in [0.15, 0.2) is 0 Å². The summed E-state index contributed by atoms with van der Waals surface area (Å²) in [6.07, 6.45) is 0. The maximum atomic E-state index is 13.3. The van der Waals surface area contributed by atoms with E-state index in [1.807, 2.05) is 31.2 Å². The average molecular weight is 423 g/mol. The predicted octanol–water partition coefficient (Wildman–Crippen LogP) is 4.95. The van der Waals surface area contributed by atoms with Gasteiger partial charge in [-0.2, -0.15) is 0 Å². The van der Waals surface area contributed by atoms with Crippen molar-refractivity contribution in [1.82, 2.24) is 0 Å². The second kappa shape index (κ2) is 9.13. The molecule has 0 aliphatic rings. The molecule has 30 heavy (non-hydrogen) atoms. The van der Waals surface area contributed by atoms with Crippen molar-refractivity contribution >= 4 is 27.3 Å². The summed E-state index contributed by atoms with van der Waals surface area (Å²) in [5, 5.41) is 2.78. The second-order valence-electron chi connectivity index (χ2n) is 7.49. The number of benzene rings is 3. The molecule has 3 rings (SSSR count). The normalized spacial score (nSPS) is 11.3. The van der Waals surface area contributed by atoms with E-state index in [1.165, 1.54) is 12.1 Å². The molecule has 0 aromatic heterocycles. The number of amides is 1. The highest BCUT2D eigenvalue weighted by molar-refractivity contribution is 7.92. The molecule has 0 spiro atoms. The molecule has 0 bridgehead atoms. The van der Waals surface area contributed by atoms with Gasteiger partial charge in [0.05, 0.1) is 10.6 Å². The lowest BCUT2D eigenvalue weighted by Gasteiger charge is -2.24. The van der Waals surface area contributed by atoms with E-state index in [0.717, 1.165) is 15.4 Å². The zero-order chi connectivity index (χ0) is 21.7. The molecule has 0 atom stereocenters. The van der Waals surface area contributed by atoms with Crippen LogP contribution in [0.25, 0.3) is 0 Å². The van der Waals surface area contributed by atoms with Gasteiger partial charge in [-0.15, -0.1) is 0 Å². The Morgan fingerprint density at radius 1 is 0.900 bits per heavy atom. The van der Waals surface area contributed by atoms with E-state index in [9.17, 15) is 13.2 Å². The maximum absolute atomic E-state index is 13.3. The van der Waals surface area contributed by atoms with Gasteiger partial charge in [0.1, 0.15) is 6.54 Å². The van der Waals surface area contributed by atoms with Crippen molar-refractivity contribution in [2.24, 2.45) is 0 Å². The van der Waals surface area contributed by atoms with Gasteiger partial charge in [-0.1, -0.05) is 61.9 Å². The number of carbonyl (C=O) groups excluding carboxylic acids is 1. The summed E-state index contributed by atoms with van der Waals surface area (Å²) in [6, 6.07) is 22.8. The average Bonchev–Trinajstić information content (AvgIpc) is 2.74. The number of hydrogen-bond donors (Lipinski definition) is 1. The number of aryl methyl sites for hydroxylation is 1. The number of nitrogens with one attached hydrogen (secondary N) is 1. The van der Waals surface area contributed by atoms with E-state index >= 15 is 0 Å². The van der Waals surface area contributed by atoms with E-state index in [-0.39, 0.29) is 11.4 Å². The number of carbonyl (C=O) groups is 1. The largest absolute Gasteiger partial charge is 0.325 e. The molecular weight excluding hydrogens is 396 g/mol. The highest BCUT2D eigenvalue weighted by atomic mass is 32.2. The molecule has 3 aromatic rings. The first-order chi connectivity index (χ1) is 14.3. The maximum Gasteiger partial charge on any atom is 0.264 e. The molecule has 3 aromatic carbocycles. The zero-order valence-corrected chi connectivity index (χ0v) is 18.2. The van der Waals surface area contributed by atoms with E-state index in [2.05, 4.69) is 19.2 Å². The predicted molar refractivity (Wildman–Crippen MR) is 121 cm³/mol. The molecule has 0 unspecified atom stereocenters. The first-order valence-corrected chi connectivity index (χ1v) is 11.3. The molecule has 5 nitrogen and oxygen atoms in total. The first kappa shape index (κ1) is 21.6. The third kappa shape index (κ3) is 5.07. The van der Waals surface area contributed by atoms with E-state index in [1.54, 1.807) is 42.5 Å². The molecule has 1 N–H and O–H groups in total.